The number of benzene rings is 1. The van der Waals surface area contributed by atoms with E-state index < -0.39 is 8.07 Å². The molecule has 0 amide bonds. The summed E-state index contributed by atoms with van der Waals surface area (Å²) in [4.78, 5) is 11.8. The average molecular weight is 192 g/mol. The van der Waals surface area contributed by atoms with E-state index >= 15 is 0 Å². The molecule has 0 atom stereocenters. The zero-order chi connectivity index (χ0) is 10.1. The number of carbonyl (C=O) groups excluding carboxylic acids is 1. The average Bonchev–Trinajstić information content (AvgIpc) is 2.03. The minimum absolute atomic E-state index is 0.340. The molecule has 0 aliphatic rings. The van der Waals surface area contributed by atoms with Crippen LogP contribution in [0, 0.1) is 6.92 Å². The predicted molar refractivity (Wildman–Crippen MR) is 58.9 cm³/mol. The summed E-state index contributed by atoms with van der Waals surface area (Å²) in [6.45, 7) is 8.27. The third-order valence-corrected chi connectivity index (χ3v) is 3.65. The van der Waals surface area contributed by atoms with Gasteiger partial charge in [0.15, 0.2) is 0 Å². The highest BCUT2D eigenvalue weighted by Crippen LogP contribution is 2.12. The first-order valence-corrected chi connectivity index (χ1v) is 8.03. The highest BCUT2D eigenvalue weighted by atomic mass is 28.3. The number of hydrogen-bond acceptors (Lipinski definition) is 1. The fourth-order valence-electron chi connectivity index (χ4n) is 1.14. The summed E-state index contributed by atoms with van der Waals surface area (Å²) >= 11 is 0. The van der Waals surface area contributed by atoms with E-state index in [9.17, 15) is 4.79 Å². The Kier molecular flexibility index (Phi) is 2.71. The predicted octanol–water partition coefficient (Wildman–Crippen LogP) is 3.06. The van der Waals surface area contributed by atoms with Gasteiger partial charge in [0, 0.05) is 5.56 Å². The standard InChI is InChI=1S/C11H16OSi/c1-9-5-7-10(8-6-9)11(12)13(2,3)4/h5-8H,1-4H3. The summed E-state index contributed by atoms with van der Waals surface area (Å²) < 4.78 is 0. The Hall–Kier alpha value is -0.893. The molecule has 0 heterocycles. The van der Waals surface area contributed by atoms with E-state index in [4.69, 9.17) is 0 Å². The van der Waals surface area contributed by atoms with Gasteiger partial charge in [0.1, 0.15) is 13.5 Å². The van der Waals surface area contributed by atoms with Gasteiger partial charge in [-0.05, 0) is 6.92 Å². The van der Waals surface area contributed by atoms with Gasteiger partial charge in [-0.2, -0.15) is 0 Å². The van der Waals surface area contributed by atoms with Gasteiger partial charge in [-0.25, -0.2) is 0 Å². The highest BCUT2D eigenvalue weighted by Gasteiger charge is 2.24. The van der Waals surface area contributed by atoms with Crippen molar-refractivity contribution in [3.05, 3.63) is 35.4 Å². The minimum atomic E-state index is -1.66. The lowest BCUT2D eigenvalue weighted by Gasteiger charge is -2.13. The summed E-state index contributed by atoms with van der Waals surface area (Å²) in [5, 5.41) is 0.340. The maximum absolute atomic E-state index is 11.8. The Labute approximate surface area is 80.8 Å². The van der Waals surface area contributed by atoms with Gasteiger partial charge < -0.3 is 4.79 Å². The van der Waals surface area contributed by atoms with Crippen molar-refractivity contribution in [3.8, 4) is 0 Å². The normalized spacial score (nSPS) is 11.4. The Bertz CT molecular complexity index is 306. The fourth-order valence-corrected chi connectivity index (χ4v) is 2.17. The molecule has 70 valence electrons. The van der Waals surface area contributed by atoms with Crippen LogP contribution in [0.25, 0.3) is 0 Å². The molecule has 0 bridgehead atoms. The zero-order valence-electron chi connectivity index (χ0n) is 8.72. The van der Waals surface area contributed by atoms with Crippen molar-refractivity contribution in [1.82, 2.24) is 0 Å². The molecule has 1 aromatic rings. The van der Waals surface area contributed by atoms with Crippen LogP contribution < -0.4 is 0 Å². The lowest BCUT2D eigenvalue weighted by atomic mass is 10.2. The van der Waals surface area contributed by atoms with Crippen LogP contribution in [0.3, 0.4) is 0 Å². The van der Waals surface area contributed by atoms with Crippen molar-refractivity contribution >= 4 is 13.5 Å². The van der Waals surface area contributed by atoms with Gasteiger partial charge in [0.05, 0.1) is 0 Å². The monoisotopic (exact) mass is 192 g/mol. The van der Waals surface area contributed by atoms with Crippen LogP contribution in [0.4, 0.5) is 0 Å². The smallest absolute Gasteiger partial charge is 0.139 e. The SMILES string of the molecule is Cc1ccc(C(=O)[Si](C)(C)C)cc1. The van der Waals surface area contributed by atoms with Gasteiger partial charge in [-0.1, -0.05) is 49.5 Å². The molecule has 0 radical (unpaired) electrons. The van der Waals surface area contributed by atoms with Gasteiger partial charge >= 0.3 is 0 Å². The molecular weight excluding hydrogens is 176 g/mol. The Morgan fingerprint density at radius 3 is 1.92 bits per heavy atom. The van der Waals surface area contributed by atoms with E-state index in [0.717, 1.165) is 5.56 Å². The molecule has 2 heteroatoms. The highest BCUT2D eigenvalue weighted by molar-refractivity contribution is 7.05. The van der Waals surface area contributed by atoms with Crippen molar-refractivity contribution in [2.24, 2.45) is 0 Å². The molecule has 13 heavy (non-hydrogen) atoms. The van der Waals surface area contributed by atoms with Crippen LogP contribution in [0.15, 0.2) is 24.3 Å². The van der Waals surface area contributed by atoms with E-state index in [0.29, 0.717) is 5.41 Å². The second-order valence-corrected chi connectivity index (χ2v) is 9.40. The van der Waals surface area contributed by atoms with E-state index in [1.807, 2.05) is 31.2 Å². The lowest BCUT2D eigenvalue weighted by molar-refractivity contribution is 0.106. The van der Waals surface area contributed by atoms with Crippen LogP contribution in [0.5, 0.6) is 0 Å². The molecule has 0 unspecified atom stereocenters. The van der Waals surface area contributed by atoms with E-state index in [2.05, 4.69) is 19.6 Å². The van der Waals surface area contributed by atoms with E-state index in [-0.39, 0.29) is 0 Å². The largest absolute Gasteiger partial charge is 0.300 e. The molecule has 0 aromatic heterocycles. The second-order valence-electron chi connectivity index (χ2n) is 4.45. The molecule has 1 aromatic carbocycles. The van der Waals surface area contributed by atoms with Crippen molar-refractivity contribution in [1.29, 1.82) is 0 Å². The van der Waals surface area contributed by atoms with Gasteiger partial charge in [0.25, 0.3) is 0 Å². The summed E-state index contributed by atoms with van der Waals surface area (Å²) in [5.41, 5.74) is 2.07. The number of hydrogen-bond donors (Lipinski definition) is 0. The van der Waals surface area contributed by atoms with Crippen molar-refractivity contribution < 1.29 is 4.79 Å². The first-order chi connectivity index (χ1) is 5.91. The van der Waals surface area contributed by atoms with Crippen molar-refractivity contribution in [2.45, 2.75) is 26.6 Å². The van der Waals surface area contributed by atoms with Crippen LogP contribution in [-0.2, 0) is 0 Å². The van der Waals surface area contributed by atoms with Crippen LogP contribution >= 0.6 is 0 Å². The molecule has 0 aliphatic heterocycles. The topological polar surface area (TPSA) is 17.1 Å². The minimum Gasteiger partial charge on any atom is -0.300 e. The molecule has 1 nitrogen and oxygen atoms in total. The van der Waals surface area contributed by atoms with E-state index in [1.165, 1.54) is 5.56 Å². The molecule has 0 fully saturated rings. The van der Waals surface area contributed by atoms with Crippen molar-refractivity contribution in [2.75, 3.05) is 0 Å². The molecule has 0 saturated heterocycles. The molecular formula is C11H16OSi. The zero-order valence-corrected chi connectivity index (χ0v) is 9.72. The fraction of sp³-hybridized carbons (Fsp3) is 0.364. The Balaban J connectivity index is 2.97. The van der Waals surface area contributed by atoms with Crippen LogP contribution in [0.1, 0.15) is 15.9 Å². The molecule has 1 rings (SSSR count). The van der Waals surface area contributed by atoms with Crippen molar-refractivity contribution in [3.63, 3.8) is 0 Å². The maximum Gasteiger partial charge on any atom is 0.139 e. The van der Waals surface area contributed by atoms with Gasteiger partial charge in [0.2, 0.25) is 0 Å². The third-order valence-electron chi connectivity index (χ3n) is 1.99. The summed E-state index contributed by atoms with van der Waals surface area (Å²) in [6.07, 6.45) is 0. The van der Waals surface area contributed by atoms with Crippen LogP contribution in [-0.4, -0.2) is 13.5 Å². The van der Waals surface area contributed by atoms with E-state index in [1.54, 1.807) is 0 Å². The molecule has 0 N–H and O–H groups in total. The quantitative estimate of drug-likeness (QED) is 0.658. The number of rotatable bonds is 2. The number of aryl methyl sites for hydroxylation is 1. The molecule has 0 saturated carbocycles. The summed E-state index contributed by atoms with van der Waals surface area (Å²) in [6, 6.07) is 7.84. The lowest BCUT2D eigenvalue weighted by Crippen LogP contribution is -2.33. The number of carbonyl (C=O) groups is 1. The molecule has 0 aliphatic carbocycles. The maximum atomic E-state index is 11.8. The van der Waals surface area contributed by atoms with Gasteiger partial charge in [-0.15, -0.1) is 0 Å². The second kappa shape index (κ2) is 3.46. The Morgan fingerprint density at radius 2 is 1.54 bits per heavy atom. The summed E-state index contributed by atoms with van der Waals surface area (Å²) in [5.74, 6) is 0. The van der Waals surface area contributed by atoms with Crippen LogP contribution in [0.2, 0.25) is 19.6 Å². The first-order valence-electron chi connectivity index (χ1n) is 4.53. The Morgan fingerprint density at radius 1 is 1.08 bits per heavy atom. The summed E-state index contributed by atoms with van der Waals surface area (Å²) in [7, 11) is -1.66. The molecule has 0 spiro atoms. The van der Waals surface area contributed by atoms with Gasteiger partial charge in [-0.3, -0.25) is 0 Å². The third kappa shape index (κ3) is 2.52. The first kappa shape index (κ1) is 10.2.